The third-order valence-electron chi connectivity index (χ3n) is 2.09. The smallest absolute Gasteiger partial charge is 0.231 e. The second kappa shape index (κ2) is 4.07. The molecule has 1 aliphatic rings. The predicted octanol–water partition coefficient (Wildman–Crippen LogP) is 1.56. The first kappa shape index (κ1) is 9.62. The quantitative estimate of drug-likeness (QED) is 0.777. The van der Waals surface area contributed by atoms with Crippen molar-refractivity contribution in [2.75, 3.05) is 12.7 Å². The van der Waals surface area contributed by atoms with Gasteiger partial charge in [0.2, 0.25) is 6.79 Å². The fourth-order valence-electron chi connectivity index (χ4n) is 1.39. The van der Waals surface area contributed by atoms with Crippen molar-refractivity contribution in [3.05, 3.63) is 23.8 Å². The Morgan fingerprint density at radius 3 is 2.93 bits per heavy atom. The molecule has 1 aliphatic heterocycles. The first-order valence-electron chi connectivity index (χ1n) is 4.42. The second-order valence-electron chi connectivity index (χ2n) is 3.20. The highest BCUT2D eigenvalue weighted by Gasteiger charge is 2.14. The van der Waals surface area contributed by atoms with Crippen LogP contribution in [-0.4, -0.2) is 23.9 Å². The summed E-state index contributed by atoms with van der Waals surface area (Å²) in [4.78, 5) is 0. The van der Waals surface area contributed by atoms with Gasteiger partial charge in [0.05, 0.1) is 6.10 Å². The summed E-state index contributed by atoms with van der Waals surface area (Å²) in [5.74, 6) is 1.74. The largest absolute Gasteiger partial charge is 0.454 e. The van der Waals surface area contributed by atoms with Crippen molar-refractivity contribution in [2.24, 2.45) is 0 Å². The number of ether oxygens (including phenoxy) is 2. The van der Waals surface area contributed by atoms with E-state index in [0.29, 0.717) is 6.42 Å². The van der Waals surface area contributed by atoms with Crippen LogP contribution in [0, 0.1) is 0 Å². The number of fused-ring (bicyclic) bond motifs is 1. The predicted molar refractivity (Wildman–Crippen MR) is 53.0 cm³/mol. The molecule has 76 valence electrons. The van der Waals surface area contributed by atoms with E-state index >= 15 is 0 Å². The highest BCUT2D eigenvalue weighted by Crippen LogP contribution is 2.32. The number of hydrogen-bond acceptors (Lipinski definition) is 3. The van der Waals surface area contributed by atoms with Gasteiger partial charge in [0.1, 0.15) is 0 Å². The van der Waals surface area contributed by atoms with Gasteiger partial charge in [0.25, 0.3) is 0 Å². The molecule has 3 nitrogen and oxygen atoms in total. The molecule has 1 unspecified atom stereocenters. The number of halogens is 1. The van der Waals surface area contributed by atoms with Crippen molar-refractivity contribution >= 4 is 11.6 Å². The molecule has 0 amide bonds. The molecule has 0 bridgehead atoms. The molecule has 0 saturated carbocycles. The Morgan fingerprint density at radius 2 is 2.14 bits per heavy atom. The van der Waals surface area contributed by atoms with E-state index in [-0.39, 0.29) is 12.7 Å². The number of hydrogen-bond donors (Lipinski definition) is 1. The topological polar surface area (TPSA) is 38.7 Å². The third kappa shape index (κ3) is 1.94. The molecule has 0 spiro atoms. The van der Waals surface area contributed by atoms with E-state index in [1.54, 1.807) is 0 Å². The van der Waals surface area contributed by atoms with Crippen LogP contribution in [0.2, 0.25) is 0 Å². The maximum Gasteiger partial charge on any atom is 0.231 e. The molecule has 4 heteroatoms. The monoisotopic (exact) mass is 214 g/mol. The van der Waals surface area contributed by atoms with Gasteiger partial charge >= 0.3 is 0 Å². The lowest BCUT2D eigenvalue weighted by atomic mass is 10.1. The molecule has 1 N–H and O–H groups in total. The lowest BCUT2D eigenvalue weighted by molar-refractivity contribution is 0.174. The van der Waals surface area contributed by atoms with Crippen LogP contribution in [0.15, 0.2) is 18.2 Å². The van der Waals surface area contributed by atoms with E-state index in [4.69, 9.17) is 21.1 Å². The highest BCUT2D eigenvalue weighted by molar-refractivity contribution is 6.18. The standard InChI is InChI=1S/C10H11ClO3/c11-5-8(12)3-7-1-2-9-10(4-7)14-6-13-9/h1-2,4,8,12H,3,5-6H2. The van der Waals surface area contributed by atoms with Gasteiger partial charge in [-0.3, -0.25) is 0 Å². The van der Waals surface area contributed by atoms with Crippen LogP contribution in [0.3, 0.4) is 0 Å². The fraction of sp³-hybridized carbons (Fsp3) is 0.400. The summed E-state index contributed by atoms with van der Waals surface area (Å²) >= 11 is 5.51. The zero-order valence-electron chi connectivity index (χ0n) is 7.57. The van der Waals surface area contributed by atoms with E-state index in [1.807, 2.05) is 18.2 Å². The van der Waals surface area contributed by atoms with Gasteiger partial charge in [-0.1, -0.05) is 6.07 Å². The molecule has 2 rings (SSSR count). The van der Waals surface area contributed by atoms with Gasteiger partial charge in [-0.2, -0.15) is 0 Å². The molecular weight excluding hydrogens is 204 g/mol. The van der Waals surface area contributed by atoms with E-state index in [2.05, 4.69) is 0 Å². The van der Waals surface area contributed by atoms with Crippen LogP contribution < -0.4 is 9.47 Å². The Bertz CT molecular complexity index is 327. The molecule has 1 aromatic rings. The second-order valence-corrected chi connectivity index (χ2v) is 3.51. The van der Waals surface area contributed by atoms with Crippen LogP contribution >= 0.6 is 11.6 Å². The van der Waals surface area contributed by atoms with Crippen molar-refractivity contribution < 1.29 is 14.6 Å². The SMILES string of the molecule is OC(CCl)Cc1ccc2c(c1)OCO2. The Balaban J connectivity index is 2.12. The average molecular weight is 215 g/mol. The molecule has 1 aromatic carbocycles. The van der Waals surface area contributed by atoms with Crippen LogP contribution in [-0.2, 0) is 6.42 Å². The minimum atomic E-state index is -0.503. The summed E-state index contributed by atoms with van der Waals surface area (Å²) < 4.78 is 10.4. The molecule has 1 heterocycles. The summed E-state index contributed by atoms with van der Waals surface area (Å²) in [5.41, 5.74) is 1.00. The number of aliphatic hydroxyl groups excluding tert-OH is 1. The molecule has 0 saturated heterocycles. The van der Waals surface area contributed by atoms with Crippen molar-refractivity contribution in [1.82, 2.24) is 0 Å². The lowest BCUT2D eigenvalue weighted by Gasteiger charge is -2.06. The van der Waals surface area contributed by atoms with Crippen molar-refractivity contribution in [2.45, 2.75) is 12.5 Å². The van der Waals surface area contributed by atoms with Gasteiger partial charge in [-0.05, 0) is 24.1 Å². The molecule has 0 fully saturated rings. The minimum Gasteiger partial charge on any atom is -0.454 e. The fourth-order valence-corrected chi connectivity index (χ4v) is 1.50. The third-order valence-corrected chi connectivity index (χ3v) is 2.44. The molecule has 0 radical (unpaired) electrons. The number of aliphatic hydroxyl groups is 1. The van der Waals surface area contributed by atoms with Crippen molar-refractivity contribution in [3.63, 3.8) is 0 Å². The van der Waals surface area contributed by atoms with Crippen LogP contribution in [0.4, 0.5) is 0 Å². The molecule has 14 heavy (non-hydrogen) atoms. The van der Waals surface area contributed by atoms with E-state index in [9.17, 15) is 5.11 Å². The summed E-state index contributed by atoms with van der Waals surface area (Å²) in [6.45, 7) is 0.275. The van der Waals surface area contributed by atoms with Crippen molar-refractivity contribution in [3.8, 4) is 11.5 Å². The first-order valence-corrected chi connectivity index (χ1v) is 4.95. The molecule has 0 aromatic heterocycles. The lowest BCUT2D eigenvalue weighted by Crippen LogP contribution is -2.11. The Morgan fingerprint density at radius 1 is 1.36 bits per heavy atom. The Labute approximate surface area is 87.2 Å². The van der Waals surface area contributed by atoms with Gasteiger partial charge in [0.15, 0.2) is 11.5 Å². The van der Waals surface area contributed by atoms with Crippen LogP contribution in [0.1, 0.15) is 5.56 Å². The zero-order valence-corrected chi connectivity index (χ0v) is 8.33. The normalized spacial score (nSPS) is 15.6. The van der Waals surface area contributed by atoms with Gasteiger partial charge in [0, 0.05) is 5.88 Å². The van der Waals surface area contributed by atoms with Crippen LogP contribution in [0.25, 0.3) is 0 Å². The number of benzene rings is 1. The van der Waals surface area contributed by atoms with E-state index < -0.39 is 6.10 Å². The molecular formula is C10H11ClO3. The first-order chi connectivity index (χ1) is 6.79. The number of alkyl halides is 1. The summed E-state index contributed by atoms with van der Waals surface area (Å²) in [5, 5.41) is 9.36. The highest BCUT2D eigenvalue weighted by atomic mass is 35.5. The minimum absolute atomic E-state index is 0.244. The number of rotatable bonds is 3. The summed E-state index contributed by atoms with van der Waals surface area (Å²) in [6, 6.07) is 5.63. The molecule has 1 atom stereocenters. The van der Waals surface area contributed by atoms with Gasteiger partial charge in [-0.25, -0.2) is 0 Å². The maximum atomic E-state index is 9.36. The van der Waals surface area contributed by atoms with E-state index in [1.165, 1.54) is 0 Å². The summed E-state index contributed by atoms with van der Waals surface area (Å²) in [7, 11) is 0. The van der Waals surface area contributed by atoms with Gasteiger partial charge in [-0.15, -0.1) is 11.6 Å². The maximum absolute atomic E-state index is 9.36. The van der Waals surface area contributed by atoms with Crippen molar-refractivity contribution in [1.29, 1.82) is 0 Å². The molecule has 0 aliphatic carbocycles. The average Bonchev–Trinajstić information content (AvgIpc) is 2.64. The zero-order chi connectivity index (χ0) is 9.97. The Hall–Kier alpha value is -0.930. The van der Waals surface area contributed by atoms with Crippen LogP contribution in [0.5, 0.6) is 11.5 Å². The van der Waals surface area contributed by atoms with Gasteiger partial charge < -0.3 is 14.6 Å². The summed E-state index contributed by atoms with van der Waals surface area (Å²) in [6.07, 6.45) is 0.0391. The Kier molecular flexibility index (Phi) is 2.79. The van der Waals surface area contributed by atoms with E-state index in [0.717, 1.165) is 17.1 Å².